The van der Waals surface area contributed by atoms with Crippen molar-refractivity contribution in [3.05, 3.63) is 58.1 Å². The van der Waals surface area contributed by atoms with Gasteiger partial charge in [-0.05, 0) is 76.8 Å². The van der Waals surface area contributed by atoms with E-state index in [0.717, 1.165) is 24.8 Å². The lowest BCUT2D eigenvalue weighted by atomic mass is 9.85. The largest absolute Gasteiger partial charge is 0.454 e. The highest BCUT2D eigenvalue weighted by molar-refractivity contribution is 6.32. The van der Waals surface area contributed by atoms with Gasteiger partial charge in [-0.3, -0.25) is 4.79 Å². The van der Waals surface area contributed by atoms with Crippen LogP contribution in [-0.2, 0) is 11.2 Å². The van der Waals surface area contributed by atoms with Gasteiger partial charge in [-0.25, -0.2) is 0 Å². The predicted molar refractivity (Wildman–Crippen MR) is 122 cm³/mol. The second-order valence-electron chi connectivity index (χ2n) is 9.20. The zero-order valence-electron chi connectivity index (χ0n) is 18.7. The smallest absolute Gasteiger partial charge is 0.251 e. The molecular formula is C25H29ClN2O3. The fourth-order valence-corrected chi connectivity index (χ4v) is 4.61. The molecule has 2 aromatic carbocycles. The molecule has 6 heteroatoms. The van der Waals surface area contributed by atoms with Gasteiger partial charge in [0.05, 0.1) is 21.8 Å². The number of hydrogen-bond donors (Lipinski definition) is 1. The van der Waals surface area contributed by atoms with Gasteiger partial charge >= 0.3 is 0 Å². The molecule has 0 bridgehead atoms. The van der Waals surface area contributed by atoms with Gasteiger partial charge in [0.1, 0.15) is 17.6 Å². The third-order valence-electron chi connectivity index (χ3n) is 5.38. The number of aryl methyl sites for hydroxylation is 1. The van der Waals surface area contributed by atoms with Crippen LogP contribution < -0.4 is 10.1 Å². The maximum atomic E-state index is 12.8. The van der Waals surface area contributed by atoms with E-state index in [0.29, 0.717) is 27.6 Å². The fraction of sp³-hybridized carbons (Fsp3) is 0.440. The summed E-state index contributed by atoms with van der Waals surface area (Å²) in [5.74, 6) is 0.668. The number of nitriles is 1. The molecule has 0 aromatic heterocycles. The summed E-state index contributed by atoms with van der Waals surface area (Å²) in [6, 6.07) is 12.6. The summed E-state index contributed by atoms with van der Waals surface area (Å²) >= 11 is 6.42. The molecule has 1 aliphatic rings. The van der Waals surface area contributed by atoms with Gasteiger partial charge in [-0.15, -0.1) is 0 Å². The summed E-state index contributed by atoms with van der Waals surface area (Å²) in [7, 11) is 0. The molecule has 2 aromatic rings. The number of ether oxygens (including phenoxy) is 2. The van der Waals surface area contributed by atoms with Crippen LogP contribution in [0.1, 0.15) is 68.9 Å². The Morgan fingerprint density at radius 1 is 1.19 bits per heavy atom. The van der Waals surface area contributed by atoms with Gasteiger partial charge in [-0.2, -0.15) is 5.26 Å². The van der Waals surface area contributed by atoms with Crippen molar-refractivity contribution in [1.29, 1.82) is 5.26 Å². The summed E-state index contributed by atoms with van der Waals surface area (Å²) in [6.07, 6.45) is 2.20. The maximum Gasteiger partial charge on any atom is 0.251 e. The topological polar surface area (TPSA) is 71.3 Å². The van der Waals surface area contributed by atoms with E-state index in [1.807, 2.05) is 46.8 Å². The third-order valence-corrected chi connectivity index (χ3v) is 5.68. The highest BCUT2D eigenvalue weighted by Crippen LogP contribution is 2.36. The minimum absolute atomic E-state index is 0.0101. The SMILES string of the molecule is CCc1cccc(Oc2ccc(C(=O)NC3CC(C)(C)OC(C)(C)C3)cc2Cl)c1C#N. The second kappa shape index (κ2) is 8.90. The van der Waals surface area contributed by atoms with E-state index in [4.69, 9.17) is 21.1 Å². The van der Waals surface area contributed by atoms with Crippen molar-refractivity contribution in [3.63, 3.8) is 0 Å². The van der Waals surface area contributed by atoms with Crippen LogP contribution in [0, 0.1) is 11.3 Å². The first-order valence-corrected chi connectivity index (χ1v) is 10.9. The van der Waals surface area contributed by atoms with E-state index < -0.39 is 0 Å². The number of rotatable bonds is 5. The van der Waals surface area contributed by atoms with Crippen molar-refractivity contribution in [3.8, 4) is 17.6 Å². The van der Waals surface area contributed by atoms with Crippen molar-refractivity contribution >= 4 is 17.5 Å². The Hall–Kier alpha value is -2.55. The van der Waals surface area contributed by atoms with Gasteiger partial charge < -0.3 is 14.8 Å². The molecule has 1 N–H and O–H groups in total. The zero-order valence-corrected chi connectivity index (χ0v) is 19.5. The van der Waals surface area contributed by atoms with Crippen LogP contribution >= 0.6 is 11.6 Å². The quantitative estimate of drug-likeness (QED) is 0.615. The zero-order chi connectivity index (χ0) is 22.8. The first kappa shape index (κ1) is 23.1. The Kier molecular flexibility index (Phi) is 6.64. The van der Waals surface area contributed by atoms with Gasteiger partial charge in [-0.1, -0.05) is 30.7 Å². The number of nitrogens with zero attached hydrogens (tertiary/aromatic N) is 1. The molecule has 0 aliphatic carbocycles. The molecular weight excluding hydrogens is 412 g/mol. The van der Waals surface area contributed by atoms with Crippen LogP contribution in [-0.4, -0.2) is 23.2 Å². The Balaban J connectivity index is 1.75. The fourth-order valence-electron chi connectivity index (χ4n) is 4.39. The molecule has 3 rings (SSSR count). The van der Waals surface area contributed by atoms with E-state index in [2.05, 4.69) is 11.4 Å². The summed E-state index contributed by atoms with van der Waals surface area (Å²) < 4.78 is 12.0. The van der Waals surface area contributed by atoms with E-state index in [1.165, 1.54) is 0 Å². The van der Waals surface area contributed by atoms with Crippen LogP contribution in [0.15, 0.2) is 36.4 Å². The predicted octanol–water partition coefficient (Wildman–Crippen LogP) is 6.03. The average Bonchev–Trinajstić information content (AvgIpc) is 2.66. The summed E-state index contributed by atoms with van der Waals surface area (Å²) in [4.78, 5) is 12.8. The highest BCUT2D eigenvalue weighted by Gasteiger charge is 2.39. The molecule has 0 atom stereocenters. The van der Waals surface area contributed by atoms with Crippen LogP contribution in [0.2, 0.25) is 5.02 Å². The molecule has 1 fully saturated rings. The van der Waals surface area contributed by atoms with E-state index >= 15 is 0 Å². The van der Waals surface area contributed by atoms with Crippen molar-refractivity contribution in [2.24, 2.45) is 0 Å². The molecule has 1 amide bonds. The summed E-state index contributed by atoms with van der Waals surface area (Å²) in [5, 5.41) is 12.9. The Bertz CT molecular complexity index is 1010. The molecule has 1 saturated heterocycles. The lowest BCUT2D eigenvalue weighted by Gasteiger charge is -2.45. The van der Waals surface area contributed by atoms with E-state index in [1.54, 1.807) is 24.3 Å². The van der Waals surface area contributed by atoms with Gasteiger partial charge in [0.15, 0.2) is 0 Å². The number of benzene rings is 2. The molecule has 164 valence electrons. The summed E-state index contributed by atoms with van der Waals surface area (Å²) in [5.41, 5.74) is 1.26. The normalized spacial score (nSPS) is 17.6. The van der Waals surface area contributed by atoms with Crippen LogP contribution in [0.3, 0.4) is 0 Å². The maximum absolute atomic E-state index is 12.8. The van der Waals surface area contributed by atoms with Crippen LogP contribution in [0.4, 0.5) is 0 Å². The van der Waals surface area contributed by atoms with Crippen molar-refractivity contribution < 1.29 is 14.3 Å². The standard InChI is InChI=1S/C25H29ClN2O3/c1-6-16-8-7-9-21(19(16)15-27)30-22-11-10-17(12-20(22)26)23(29)28-18-13-24(2,3)31-25(4,5)14-18/h7-12,18H,6,13-14H2,1-5H3,(H,28,29). The molecule has 31 heavy (non-hydrogen) atoms. The second-order valence-corrected chi connectivity index (χ2v) is 9.61. The van der Waals surface area contributed by atoms with Crippen LogP contribution in [0.5, 0.6) is 11.5 Å². The molecule has 0 unspecified atom stereocenters. The molecule has 1 aliphatic heterocycles. The third kappa shape index (κ3) is 5.58. The van der Waals surface area contributed by atoms with Gasteiger partial charge in [0.25, 0.3) is 5.91 Å². The van der Waals surface area contributed by atoms with Crippen molar-refractivity contribution in [2.45, 2.75) is 71.1 Å². The monoisotopic (exact) mass is 440 g/mol. The minimum Gasteiger partial charge on any atom is -0.454 e. The van der Waals surface area contributed by atoms with E-state index in [9.17, 15) is 10.1 Å². The average molecular weight is 441 g/mol. The van der Waals surface area contributed by atoms with Gasteiger partial charge in [0.2, 0.25) is 0 Å². The highest BCUT2D eigenvalue weighted by atomic mass is 35.5. The van der Waals surface area contributed by atoms with E-state index in [-0.39, 0.29) is 23.2 Å². The Morgan fingerprint density at radius 3 is 2.45 bits per heavy atom. The first-order valence-electron chi connectivity index (χ1n) is 10.5. The molecule has 0 spiro atoms. The number of hydrogen-bond acceptors (Lipinski definition) is 4. The van der Waals surface area contributed by atoms with Crippen molar-refractivity contribution in [2.75, 3.05) is 0 Å². The lowest BCUT2D eigenvalue weighted by Crippen LogP contribution is -2.52. The van der Waals surface area contributed by atoms with Crippen molar-refractivity contribution in [1.82, 2.24) is 5.32 Å². The lowest BCUT2D eigenvalue weighted by molar-refractivity contribution is -0.162. The number of halogens is 1. The first-order chi connectivity index (χ1) is 14.5. The molecule has 0 saturated carbocycles. The van der Waals surface area contributed by atoms with Crippen LogP contribution in [0.25, 0.3) is 0 Å². The minimum atomic E-state index is -0.305. The number of carbonyl (C=O) groups is 1. The Morgan fingerprint density at radius 2 is 1.87 bits per heavy atom. The number of nitrogens with one attached hydrogen (secondary N) is 1. The number of carbonyl (C=O) groups excluding carboxylic acids is 1. The summed E-state index contributed by atoms with van der Waals surface area (Å²) in [6.45, 7) is 10.2. The molecule has 1 heterocycles. The van der Waals surface area contributed by atoms with Gasteiger partial charge in [0, 0.05) is 11.6 Å². The molecule has 5 nitrogen and oxygen atoms in total. The number of amides is 1. The Labute approximate surface area is 189 Å². The molecule has 0 radical (unpaired) electrons.